The second-order valence-electron chi connectivity index (χ2n) is 8.88. The second kappa shape index (κ2) is 14.2. The van der Waals surface area contributed by atoms with Crippen molar-refractivity contribution in [2.24, 2.45) is 0 Å². The number of nitrogens with one attached hydrogen (secondary N) is 4. The lowest BCUT2D eigenvalue weighted by molar-refractivity contribution is -0.125. The van der Waals surface area contributed by atoms with Crippen LogP contribution in [0.1, 0.15) is 22.4 Å². The molecule has 0 saturated carbocycles. The lowest BCUT2D eigenvalue weighted by Crippen LogP contribution is -2.29. The molecule has 4 aromatic rings. The number of methoxy groups -OCH3 is 2. The third-order valence-electron chi connectivity index (χ3n) is 6.08. The molecule has 0 aliphatic carbocycles. The lowest BCUT2D eigenvalue weighted by atomic mass is 10.1. The number of ether oxygens (including phenoxy) is 2. The summed E-state index contributed by atoms with van der Waals surface area (Å²) in [5, 5.41) is 26.4. The molecule has 0 saturated heterocycles. The van der Waals surface area contributed by atoms with Crippen molar-refractivity contribution in [2.45, 2.75) is 26.4 Å². The van der Waals surface area contributed by atoms with E-state index in [1.165, 1.54) is 14.2 Å². The van der Waals surface area contributed by atoms with Crippen LogP contribution in [0.15, 0.2) is 42.6 Å². The molecule has 2 heterocycles. The maximum Gasteiger partial charge on any atom is 0.245 e. The zero-order valence-electron chi connectivity index (χ0n) is 22.0. The fourth-order valence-corrected chi connectivity index (χ4v) is 4.25. The Kier molecular flexibility index (Phi) is 10.7. The number of hydrogen-bond donors (Lipinski definition) is 6. The monoisotopic (exact) mass is 524 g/mol. The van der Waals surface area contributed by atoms with Gasteiger partial charge in [0.15, 0.2) is 0 Å². The molecule has 10 heteroatoms. The van der Waals surface area contributed by atoms with Crippen LogP contribution in [0.3, 0.4) is 0 Å². The van der Waals surface area contributed by atoms with Gasteiger partial charge in [0.05, 0.1) is 6.61 Å². The van der Waals surface area contributed by atoms with Crippen molar-refractivity contribution in [1.29, 1.82) is 0 Å². The van der Waals surface area contributed by atoms with Gasteiger partial charge in [-0.25, -0.2) is 0 Å². The van der Waals surface area contributed by atoms with Crippen molar-refractivity contribution in [3.05, 3.63) is 65.0 Å². The Balaban J connectivity index is 0.000000211. The molecule has 2 aromatic carbocycles. The van der Waals surface area contributed by atoms with E-state index in [9.17, 15) is 14.7 Å². The van der Waals surface area contributed by atoms with Crippen LogP contribution in [0.2, 0.25) is 0 Å². The number of H-pyrrole nitrogens is 2. The number of carbonyl (C=O) groups excluding carboxylic acids is 2. The number of phenolic OH excluding ortho intramolecular Hbond substituents is 1. The van der Waals surface area contributed by atoms with Crippen molar-refractivity contribution in [1.82, 2.24) is 20.6 Å². The molecule has 0 fully saturated rings. The molecule has 2 amide bonds. The fourth-order valence-electron chi connectivity index (χ4n) is 4.25. The topological polar surface area (TPSA) is 149 Å². The first-order chi connectivity index (χ1) is 18.4. The first-order valence-corrected chi connectivity index (χ1v) is 12.4. The average Bonchev–Trinajstić information content (AvgIpc) is 3.44. The van der Waals surface area contributed by atoms with Crippen LogP contribution in [0, 0.1) is 6.92 Å². The van der Waals surface area contributed by atoms with E-state index in [0.29, 0.717) is 19.5 Å². The van der Waals surface area contributed by atoms with E-state index in [2.05, 4.69) is 20.6 Å². The van der Waals surface area contributed by atoms with Crippen LogP contribution in [0.4, 0.5) is 0 Å². The third-order valence-corrected chi connectivity index (χ3v) is 6.08. The number of benzene rings is 2. The number of aliphatic hydroxyl groups excluding tert-OH is 1. The van der Waals surface area contributed by atoms with Gasteiger partial charge < -0.3 is 40.3 Å². The molecule has 38 heavy (non-hydrogen) atoms. The number of phenols is 1. The minimum absolute atomic E-state index is 0.0329. The normalized spacial score (nSPS) is 10.8. The lowest BCUT2D eigenvalue weighted by Gasteiger charge is -2.05. The fraction of sp³-hybridized carbons (Fsp3) is 0.357. The summed E-state index contributed by atoms with van der Waals surface area (Å²) in [4.78, 5) is 29.0. The number of rotatable bonds is 11. The predicted octanol–water partition coefficient (Wildman–Crippen LogP) is 2.45. The van der Waals surface area contributed by atoms with Crippen LogP contribution in [0.25, 0.3) is 21.8 Å². The van der Waals surface area contributed by atoms with Gasteiger partial charge in [0.25, 0.3) is 0 Å². The SMILES string of the molecule is COCC(=O)NCCc1c(C)[nH]c2ccc(O)cc12.COCC(=O)NCCc1c[nH]c2ccc(CO)cc12. The van der Waals surface area contributed by atoms with E-state index < -0.39 is 0 Å². The van der Waals surface area contributed by atoms with Gasteiger partial charge >= 0.3 is 0 Å². The van der Waals surface area contributed by atoms with Crippen molar-refractivity contribution >= 4 is 33.6 Å². The van der Waals surface area contributed by atoms with Gasteiger partial charge in [0.1, 0.15) is 19.0 Å². The van der Waals surface area contributed by atoms with E-state index in [1.807, 2.05) is 37.4 Å². The number of aromatic hydroxyl groups is 1. The molecule has 4 rings (SSSR count). The molecule has 6 N–H and O–H groups in total. The highest BCUT2D eigenvalue weighted by atomic mass is 16.5. The van der Waals surface area contributed by atoms with Gasteiger partial charge in [0.2, 0.25) is 11.8 Å². The average molecular weight is 525 g/mol. The van der Waals surface area contributed by atoms with Crippen molar-refractivity contribution in [3.63, 3.8) is 0 Å². The number of aryl methyl sites for hydroxylation is 1. The van der Waals surface area contributed by atoms with Crippen molar-refractivity contribution in [3.8, 4) is 5.75 Å². The van der Waals surface area contributed by atoms with E-state index in [0.717, 1.165) is 50.6 Å². The number of aromatic amines is 2. The molecule has 0 bridgehead atoms. The number of hydrogen-bond acceptors (Lipinski definition) is 6. The summed E-state index contributed by atoms with van der Waals surface area (Å²) in [6.07, 6.45) is 3.39. The number of carbonyl (C=O) groups is 2. The summed E-state index contributed by atoms with van der Waals surface area (Å²) < 4.78 is 9.50. The molecule has 0 radical (unpaired) electrons. The van der Waals surface area contributed by atoms with Gasteiger partial charge in [-0.1, -0.05) is 6.07 Å². The highest BCUT2D eigenvalue weighted by molar-refractivity contribution is 5.86. The molecule has 2 aromatic heterocycles. The Morgan fingerprint density at radius 3 is 2.21 bits per heavy atom. The van der Waals surface area contributed by atoms with Gasteiger partial charge in [-0.05, 0) is 66.8 Å². The summed E-state index contributed by atoms with van der Waals surface area (Å²) in [6.45, 7) is 3.30. The summed E-state index contributed by atoms with van der Waals surface area (Å²) in [5.74, 6) is 0.0115. The zero-order valence-corrected chi connectivity index (χ0v) is 22.0. The van der Waals surface area contributed by atoms with Gasteiger partial charge in [-0.3, -0.25) is 9.59 Å². The van der Waals surface area contributed by atoms with Gasteiger partial charge in [0, 0.05) is 61.0 Å². The Bertz CT molecular complexity index is 1360. The van der Waals surface area contributed by atoms with E-state index >= 15 is 0 Å². The summed E-state index contributed by atoms with van der Waals surface area (Å²) >= 11 is 0. The molecule has 10 nitrogen and oxygen atoms in total. The Labute approximate surface area is 221 Å². The standard InChI is InChI=1S/2C14H18N2O3/c1-9-11(5-6-15-14(18)8-19-2)12-7-10(17)3-4-13(12)16-9;1-19-9-14(18)15-5-4-11-7-16-13-3-2-10(8-17)6-12(11)13/h3-4,7,16-17H,5-6,8H2,1-2H3,(H,15,18);2-3,6-7,16-17H,4-5,8-9H2,1H3,(H,15,18). The van der Waals surface area contributed by atoms with Crippen molar-refractivity contribution in [2.75, 3.05) is 40.5 Å². The van der Waals surface area contributed by atoms with E-state index in [-0.39, 0.29) is 37.4 Å². The Morgan fingerprint density at radius 2 is 1.55 bits per heavy atom. The van der Waals surface area contributed by atoms with Crippen LogP contribution >= 0.6 is 0 Å². The largest absolute Gasteiger partial charge is 0.508 e. The molecular formula is C28H36N4O6. The van der Waals surface area contributed by atoms with Crippen LogP contribution in [-0.4, -0.2) is 72.5 Å². The van der Waals surface area contributed by atoms with Crippen LogP contribution < -0.4 is 10.6 Å². The highest BCUT2D eigenvalue weighted by Gasteiger charge is 2.10. The number of fused-ring (bicyclic) bond motifs is 2. The third kappa shape index (κ3) is 7.82. The number of aliphatic hydroxyl groups is 1. The predicted molar refractivity (Wildman–Crippen MR) is 146 cm³/mol. The molecule has 0 aliphatic rings. The maximum absolute atomic E-state index is 11.3. The van der Waals surface area contributed by atoms with Gasteiger partial charge in [-0.2, -0.15) is 0 Å². The summed E-state index contributed by atoms with van der Waals surface area (Å²) in [5.41, 5.74) is 6.22. The molecule has 0 aliphatic heterocycles. The molecule has 0 unspecified atom stereocenters. The first kappa shape index (κ1) is 28.7. The summed E-state index contributed by atoms with van der Waals surface area (Å²) in [6, 6.07) is 11.1. The minimum Gasteiger partial charge on any atom is -0.508 e. The molecule has 0 spiro atoms. The number of aromatic nitrogens is 2. The minimum atomic E-state index is -0.122. The molecule has 0 atom stereocenters. The summed E-state index contributed by atoms with van der Waals surface area (Å²) in [7, 11) is 2.99. The molecular weight excluding hydrogens is 488 g/mol. The number of amides is 2. The maximum atomic E-state index is 11.3. The highest BCUT2D eigenvalue weighted by Crippen LogP contribution is 2.26. The van der Waals surface area contributed by atoms with E-state index in [1.54, 1.807) is 12.1 Å². The quantitative estimate of drug-likeness (QED) is 0.178. The second-order valence-corrected chi connectivity index (χ2v) is 8.88. The Morgan fingerprint density at radius 1 is 0.895 bits per heavy atom. The van der Waals surface area contributed by atoms with Crippen LogP contribution in [0.5, 0.6) is 5.75 Å². The zero-order chi connectivity index (χ0) is 27.5. The van der Waals surface area contributed by atoms with Crippen LogP contribution in [-0.2, 0) is 38.5 Å². The van der Waals surface area contributed by atoms with Gasteiger partial charge in [-0.15, -0.1) is 0 Å². The molecule has 204 valence electrons. The smallest absolute Gasteiger partial charge is 0.245 e. The Hall–Kier alpha value is -3.86. The first-order valence-electron chi connectivity index (χ1n) is 12.4. The van der Waals surface area contributed by atoms with E-state index in [4.69, 9.17) is 14.6 Å². The van der Waals surface area contributed by atoms with Crippen molar-refractivity contribution < 1.29 is 29.3 Å².